The lowest BCUT2D eigenvalue weighted by atomic mass is 9.87. The van der Waals surface area contributed by atoms with Gasteiger partial charge in [0.25, 0.3) is 0 Å². The number of carbonyl (C=O) groups is 2. The van der Waals surface area contributed by atoms with Crippen LogP contribution >= 0.6 is 11.6 Å². The fourth-order valence-corrected chi connectivity index (χ4v) is 3.59. The van der Waals surface area contributed by atoms with Gasteiger partial charge in [-0.2, -0.15) is 0 Å². The number of primary amides is 1. The first kappa shape index (κ1) is 18.3. The minimum Gasteiger partial charge on any atom is -0.352 e. The lowest BCUT2D eigenvalue weighted by Gasteiger charge is -2.27. The second kappa shape index (κ2) is 8.23. The molecule has 5 nitrogen and oxygen atoms in total. The number of amides is 3. The van der Waals surface area contributed by atoms with E-state index in [0.29, 0.717) is 5.02 Å². The summed E-state index contributed by atoms with van der Waals surface area (Å²) in [6, 6.07) is 14.1. The van der Waals surface area contributed by atoms with E-state index in [9.17, 15) is 9.59 Å². The number of nitrogens with one attached hydrogen (secondary N) is 2. The Morgan fingerprint density at radius 1 is 1.15 bits per heavy atom. The second-order valence-corrected chi connectivity index (χ2v) is 6.96. The van der Waals surface area contributed by atoms with E-state index in [1.54, 1.807) is 24.3 Å². The molecule has 0 spiro atoms. The number of hydrogen-bond donors (Lipinski definition) is 3. The van der Waals surface area contributed by atoms with Gasteiger partial charge in [-0.15, -0.1) is 0 Å². The van der Waals surface area contributed by atoms with Gasteiger partial charge in [0.15, 0.2) is 0 Å². The molecule has 3 amide bonds. The standard InChI is InChI=1S/C20H22ClN3O2/c21-15-10-8-14(9-11-15)18(24-20(22)26)12-19(25)23-17-7-3-5-13-4-1-2-6-16(13)17/h1-2,4,6,8-11,17-18H,3,5,7,12H2,(H,23,25)(H3,22,24,26)/t17-,18-/m1/s1. The Morgan fingerprint density at radius 3 is 2.62 bits per heavy atom. The van der Waals surface area contributed by atoms with Crippen LogP contribution in [0.25, 0.3) is 0 Å². The molecule has 136 valence electrons. The number of fused-ring (bicyclic) bond motifs is 1. The highest BCUT2D eigenvalue weighted by molar-refractivity contribution is 6.30. The average molecular weight is 372 g/mol. The van der Waals surface area contributed by atoms with Gasteiger partial charge < -0.3 is 16.4 Å². The fraction of sp³-hybridized carbons (Fsp3) is 0.300. The van der Waals surface area contributed by atoms with Gasteiger partial charge in [0.2, 0.25) is 5.91 Å². The van der Waals surface area contributed by atoms with Crippen LogP contribution in [-0.2, 0) is 11.2 Å². The molecular formula is C20H22ClN3O2. The first-order chi connectivity index (χ1) is 12.5. The molecule has 0 bridgehead atoms. The number of halogens is 1. The molecule has 1 aliphatic carbocycles. The summed E-state index contributed by atoms with van der Waals surface area (Å²) in [6.07, 6.45) is 3.11. The Morgan fingerprint density at radius 2 is 1.88 bits per heavy atom. The summed E-state index contributed by atoms with van der Waals surface area (Å²) in [5.74, 6) is -0.125. The van der Waals surface area contributed by atoms with Crippen molar-refractivity contribution in [2.45, 2.75) is 37.8 Å². The minimum atomic E-state index is -0.666. The van der Waals surface area contributed by atoms with Gasteiger partial charge in [-0.25, -0.2) is 4.79 Å². The summed E-state index contributed by atoms with van der Waals surface area (Å²) in [4.78, 5) is 24.0. The zero-order chi connectivity index (χ0) is 18.5. The van der Waals surface area contributed by atoms with Crippen LogP contribution in [0.3, 0.4) is 0 Å². The minimum absolute atomic E-state index is 0.00639. The van der Waals surface area contributed by atoms with E-state index >= 15 is 0 Å². The summed E-state index contributed by atoms with van der Waals surface area (Å²) in [7, 11) is 0. The Bertz CT molecular complexity index is 792. The van der Waals surface area contributed by atoms with Crippen molar-refractivity contribution < 1.29 is 9.59 Å². The maximum atomic E-state index is 12.6. The molecule has 2 aromatic rings. The van der Waals surface area contributed by atoms with Gasteiger partial charge in [0.05, 0.1) is 18.5 Å². The van der Waals surface area contributed by atoms with Crippen LogP contribution in [0.2, 0.25) is 5.02 Å². The molecule has 4 N–H and O–H groups in total. The number of carbonyl (C=O) groups excluding carboxylic acids is 2. The fourth-order valence-electron chi connectivity index (χ4n) is 3.46. The summed E-state index contributed by atoms with van der Waals surface area (Å²) in [6.45, 7) is 0. The molecule has 0 unspecified atom stereocenters. The molecule has 0 aromatic heterocycles. The molecule has 26 heavy (non-hydrogen) atoms. The van der Waals surface area contributed by atoms with Crippen LogP contribution in [0.5, 0.6) is 0 Å². The number of aryl methyl sites for hydroxylation is 1. The van der Waals surface area contributed by atoms with Crippen molar-refractivity contribution in [2.75, 3.05) is 0 Å². The smallest absolute Gasteiger partial charge is 0.312 e. The van der Waals surface area contributed by atoms with Crippen molar-refractivity contribution >= 4 is 23.5 Å². The highest BCUT2D eigenvalue weighted by Gasteiger charge is 2.23. The first-order valence-electron chi connectivity index (χ1n) is 8.71. The van der Waals surface area contributed by atoms with Gasteiger partial charge in [0, 0.05) is 5.02 Å². The number of urea groups is 1. The summed E-state index contributed by atoms with van der Waals surface area (Å²) in [5.41, 5.74) is 8.53. The van der Waals surface area contributed by atoms with E-state index in [-0.39, 0.29) is 18.4 Å². The SMILES string of the molecule is NC(=O)N[C@H](CC(=O)N[C@@H]1CCCc2ccccc21)c1ccc(Cl)cc1. The van der Waals surface area contributed by atoms with Crippen molar-refractivity contribution in [3.05, 3.63) is 70.2 Å². The highest BCUT2D eigenvalue weighted by atomic mass is 35.5. The van der Waals surface area contributed by atoms with Crippen molar-refractivity contribution in [2.24, 2.45) is 5.73 Å². The van der Waals surface area contributed by atoms with Crippen LogP contribution in [-0.4, -0.2) is 11.9 Å². The maximum absolute atomic E-state index is 12.6. The number of benzene rings is 2. The first-order valence-corrected chi connectivity index (χ1v) is 9.09. The highest BCUT2D eigenvalue weighted by Crippen LogP contribution is 2.30. The van der Waals surface area contributed by atoms with Crippen molar-refractivity contribution in [3.8, 4) is 0 Å². The molecule has 2 aromatic carbocycles. The van der Waals surface area contributed by atoms with E-state index in [1.807, 2.05) is 12.1 Å². The van der Waals surface area contributed by atoms with E-state index in [2.05, 4.69) is 22.8 Å². The van der Waals surface area contributed by atoms with E-state index < -0.39 is 12.1 Å². The third-order valence-corrected chi connectivity index (χ3v) is 4.94. The van der Waals surface area contributed by atoms with Gasteiger partial charge in [0.1, 0.15) is 0 Å². The third-order valence-electron chi connectivity index (χ3n) is 4.68. The monoisotopic (exact) mass is 371 g/mol. The zero-order valence-electron chi connectivity index (χ0n) is 14.4. The van der Waals surface area contributed by atoms with Crippen LogP contribution in [0, 0.1) is 0 Å². The van der Waals surface area contributed by atoms with E-state index in [0.717, 1.165) is 24.8 Å². The van der Waals surface area contributed by atoms with E-state index in [4.69, 9.17) is 17.3 Å². The van der Waals surface area contributed by atoms with Crippen LogP contribution in [0.15, 0.2) is 48.5 Å². The average Bonchev–Trinajstić information content (AvgIpc) is 2.62. The van der Waals surface area contributed by atoms with Gasteiger partial charge in [-0.3, -0.25) is 4.79 Å². The lowest BCUT2D eigenvalue weighted by Crippen LogP contribution is -2.38. The van der Waals surface area contributed by atoms with Crippen LogP contribution in [0.1, 0.15) is 48.0 Å². The van der Waals surface area contributed by atoms with E-state index in [1.165, 1.54) is 11.1 Å². The Kier molecular flexibility index (Phi) is 5.78. The molecule has 2 atom stereocenters. The summed E-state index contributed by atoms with van der Waals surface area (Å²) >= 11 is 5.91. The number of hydrogen-bond acceptors (Lipinski definition) is 2. The van der Waals surface area contributed by atoms with Crippen LogP contribution in [0.4, 0.5) is 4.79 Å². The Hall–Kier alpha value is -2.53. The summed E-state index contributed by atoms with van der Waals surface area (Å²) < 4.78 is 0. The predicted octanol–water partition coefficient (Wildman–Crippen LogP) is 3.63. The lowest BCUT2D eigenvalue weighted by molar-refractivity contribution is -0.122. The molecule has 0 fully saturated rings. The molecule has 0 saturated heterocycles. The largest absolute Gasteiger partial charge is 0.352 e. The topological polar surface area (TPSA) is 84.2 Å². The number of rotatable bonds is 5. The number of nitrogens with two attached hydrogens (primary N) is 1. The normalized spacial score (nSPS) is 17.0. The second-order valence-electron chi connectivity index (χ2n) is 6.53. The quantitative estimate of drug-likeness (QED) is 0.749. The Balaban J connectivity index is 1.70. The third kappa shape index (κ3) is 4.55. The predicted molar refractivity (Wildman–Crippen MR) is 102 cm³/mol. The molecular weight excluding hydrogens is 350 g/mol. The Labute approximate surface area is 157 Å². The van der Waals surface area contributed by atoms with Crippen molar-refractivity contribution in [1.29, 1.82) is 0 Å². The molecule has 6 heteroatoms. The summed E-state index contributed by atoms with van der Waals surface area (Å²) in [5, 5.41) is 6.33. The van der Waals surface area contributed by atoms with Gasteiger partial charge >= 0.3 is 6.03 Å². The molecule has 0 saturated carbocycles. The molecule has 3 rings (SSSR count). The van der Waals surface area contributed by atoms with Crippen molar-refractivity contribution in [1.82, 2.24) is 10.6 Å². The van der Waals surface area contributed by atoms with Gasteiger partial charge in [-0.1, -0.05) is 48.0 Å². The van der Waals surface area contributed by atoms with Gasteiger partial charge in [-0.05, 0) is 48.1 Å². The van der Waals surface area contributed by atoms with Crippen LogP contribution < -0.4 is 16.4 Å². The zero-order valence-corrected chi connectivity index (χ0v) is 15.1. The maximum Gasteiger partial charge on any atom is 0.312 e. The van der Waals surface area contributed by atoms with Crippen molar-refractivity contribution in [3.63, 3.8) is 0 Å². The molecule has 0 aliphatic heterocycles. The molecule has 1 aliphatic rings. The molecule has 0 radical (unpaired) electrons. The molecule has 0 heterocycles.